The molecule has 0 aliphatic carbocycles. The van der Waals surface area contributed by atoms with Crippen LogP contribution in [0.1, 0.15) is 55.7 Å². The molecular formula is C27H37N2O3+. The third-order valence-corrected chi connectivity index (χ3v) is 6.67. The summed E-state index contributed by atoms with van der Waals surface area (Å²) in [5, 5.41) is 3.20. The molecule has 1 heterocycles. The molecule has 32 heavy (non-hydrogen) atoms. The van der Waals surface area contributed by atoms with Crippen molar-refractivity contribution in [1.29, 1.82) is 0 Å². The quantitative estimate of drug-likeness (QED) is 0.436. The van der Waals surface area contributed by atoms with Gasteiger partial charge in [-0.05, 0) is 49.8 Å². The zero-order valence-corrected chi connectivity index (χ0v) is 19.7. The molecule has 0 saturated carbocycles. The number of nitrogens with zero attached hydrogens (tertiary/aromatic N) is 1. The molecule has 0 bridgehead atoms. The summed E-state index contributed by atoms with van der Waals surface area (Å²) >= 11 is 0. The lowest BCUT2D eigenvalue weighted by Gasteiger charge is -2.46. The first-order valence-corrected chi connectivity index (χ1v) is 11.9. The lowest BCUT2D eigenvalue weighted by molar-refractivity contribution is -0.940. The van der Waals surface area contributed by atoms with Crippen molar-refractivity contribution in [2.45, 2.75) is 65.5 Å². The Hall–Kier alpha value is -2.66. The van der Waals surface area contributed by atoms with Crippen molar-refractivity contribution >= 4 is 17.6 Å². The number of piperidine rings is 1. The monoisotopic (exact) mass is 437 g/mol. The molecule has 5 heteroatoms. The molecule has 2 unspecified atom stereocenters. The number of unbranched alkanes of at least 4 members (excludes halogenated alkanes) is 1. The van der Waals surface area contributed by atoms with E-state index in [1.54, 1.807) is 0 Å². The van der Waals surface area contributed by atoms with E-state index in [0.717, 1.165) is 67.6 Å². The molecule has 1 amide bonds. The maximum atomic E-state index is 13.5. The number of esters is 1. The highest BCUT2D eigenvalue weighted by Gasteiger charge is 2.45. The van der Waals surface area contributed by atoms with Gasteiger partial charge >= 0.3 is 5.97 Å². The summed E-state index contributed by atoms with van der Waals surface area (Å²) in [5.41, 5.74) is 3.98. The fourth-order valence-electron chi connectivity index (χ4n) is 4.84. The minimum absolute atomic E-state index is 0.0223. The van der Waals surface area contributed by atoms with Crippen LogP contribution in [0.5, 0.6) is 0 Å². The summed E-state index contributed by atoms with van der Waals surface area (Å²) < 4.78 is 6.13. The van der Waals surface area contributed by atoms with Gasteiger partial charge in [-0.15, -0.1) is 0 Å². The highest BCUT2D eigenvalue weighted by Crippen LogP contribution is 2.29. The molecule has 2 aromatic rings. The number of carbonyl (C=O) groups is 2. The van der Waals surface area contributed by atoms with Gasteiger partial charge in [-0.1, -0.05) is 61.9 Å². The van der Waals surface area contributed by atoms with Crippen LogP contribution in [0.2, 0.25) is 0 Å². The number of ether oxygens (including phenoxy) is 1. The zero-order chi connectivity index (χ0) is 23.0. The Balaban J connectivity index is 1.77. The highest BCUT2D eigenvalue weighted by atomic mass is 16.5. The number of likely N-dealkylation sites (tertiary alicyclic amines) is 1. The van der Waals surface area contributed by atoms with Gasteiger partial charge in [0, 0.05) is 12.1 Å². The van der Waals surface area contributed by atoms with Gasteiger partial charge in [0.2, 0.25) is 0 Å². The van der Waals surface area contributed by atoms with Gasteiger partial charge in [-0.25, -0.2) is 4.79 Å². The van der Waals surface area contributed by atoms with Crippen LogP contribution in [0.15, 0.2) is 48.5 Å². The van der Waals surface area contributed by atoms with Crippen LogP contribution < -0.4 is 5.32 Å². The van der Waals surface area contributed by atoms with Crippen molar-refractivity contribution in [3.05, 3.63) is 65.2 Å². The molecule has 2 atom stereocenters. The molecule has 1 N–H and O–H groups in total. The number of nitrogens with one attached hydrogen (secondary N) is 1. The largest absolute Gasteiger partial charge is 0.457 e. The minimum Gasteiger partial charge on any atom is -0.457 e. The second kappa shape index (κ2) is 11.3. The molecule has 5 nitrogen and oxygen atoms in total. The first-order chi connectivity index (χ1) is 15.4. The van der Waals surface area contributed by atoms with E-state index in [9.17, 15) is 9.59 Å². The van der Waals surface area contributed by atoms with E-state index >= 15 is 0 Å². The number of para-hydroxylation sites is 1. The van der Waals surface area contributed by atoms with Gasteiger partial charge in [0.05, 0.1) is 13.1 Å². The van der Waals surface area contributed by atoms with Gasteiger partial charge in [0.15, 0.2) is 12.6 Å². The molecular weight excluding hydrogens is 400 g/mol. The Labute approximate surface area is 192 Å². The average Bonchev–Trinajstić information content (AvgIpc) is 2.80. The van der Waals surface area contributed by atoms with Gasteiger partial charge in [-0.2, -0.15) is 0 Å². The van der Waals surface area contributed by atoms with Crippen molar-refractivity contribution < 1.29 is 18.8 Å². The Kier molecular flexibility index (Phi) is 8.46. The molecule has 1 aliphatic heterocycles. The zero-order valence-electron chi connectivity index (χ0n) is 19.7. The van der Waals surface area contributed by atoms with Crippen molar-refractivity contribution in [2.75, 3.05) is 25.0 Å². The summed E-state index contributed by atoms with van der Waals surface area (Å²) in [7, 11) is 0. The number of aryl methyl sites for hydroxylation is 2. The fourth-order valence-corrected chi connectivity index (χ4v) is 4.84. The fraction of sp³-hybridized carbons (Fsp3) is 0.481. The third-order valence-electron chi connectivity index (χ3n) is 6.67. The number of carbonyl (C=O) groups excluding carboxylic acids is 2. The number of quaternary nitrogens is 1. The third kappa shape index (κ3) is 5.98. The van der Waals surface area contributed by atoms with Crippen LogP contribution in [0, 0.1) is 13.8 Å². The predicted molar refractivity (Wildman–Crippen MR) is 128 cm³/mol. The molecule has 0 spiro atoms. The molecule has 0 aromatic heterocycles. The van der Waals surface area contributed by atoms with E-state index in [4.69, 9.17) is 4.74 Å². The molecule has 1 saturated heterocycles. The molecule has 1 aliphatic rings. The molecule has 2 aromatic carbocycles. The van der Waals surface area contributed by atoms with Crippen LogP contribution in [0.25, 0.3) is 0 Å². The van der Waals surface area contributed by atoms with Gasteiger partial charge in [-0.3, -0.25) is 4.79 Å². The first kappa shape index (κ1) is 24.0. The topological polar surface area (TPSA) is 55.4 Å². The molecule has 3 rings (SSSR count). The number of anilines is 1. The lowest BCUT2D eigenvalue weighted by atomic mass is 9.95. The normalized spacial score (nSPS) is 20.5. The summed E-state index contributed by atoms with van der Waals surface area (Å²) in [4.78, 5) is 26.5. The van der Waals surface area contributed by atoms with Crippen LogP contribution in [-0.4, -0.2) is 42.0 Å². The Morgan fingerprint density at radius 3 is 2.44 bits per heavy atom. The minimum atomic E-state index is -0.237. The Morgan fingerprint density at radius 2 is 1.75 bits per heavy atom. The van der Waals surface area contributed by atoms with Gasteiger partial charge < -0.3 is 14.5 Å². The Morgan fingerprint density at radius 1 is 1.03 bits per heavy atom. The summed E-state index contributed by atoms with van der Waals surface area (Å²) in [5.74, 6) is -0.203. The van der Waals surface area contributed by atoms with Crippen molar-refractivity contribution in [1.82, 2.24) is 0 Å². The number of hydrogen-bond donors (Lipinski definition) is 1. The van der Waals surface area contributed by atoms with Gasteiger partial charge in [0.25, 0.3) is 5.91 Å². The summed E-state index contributed by atoms with van der Waals surface area (Å²) in [6.07, 6.45) is 4.86. The number of benzene rings is 2. The standard InChI is InChI=1S/C27H36N2O3/c1-4-5-17-29(19-25(30)32-20-23-14-7-6-8-15-23)18-10-9-16-24(29)27(31)28-26-21(2)12-11-13-22(26)3/h6-8,11-15,24H,4-5,9-10,16-20H2,1-3H3/p+1. The van der Waals surface area contributed by atoms with E-state index < -0.39 is 0 Å². The number of rotatable bonds is 9. The summed E-state index contributed by atoms with van der Waals surface area (Å²) in [6, 6.07) is 15.5. The Bertz CT molecular complexity index is 892. The maximum Gasteiger partial charge on any atom is 0.362 e. The van der Waals surface area contributed by atoms with E-state index in [0.29, 0.717) is 4.48 Å². The predicted octanol–water partition coefficient (Wildman–Crippen LogP) is 5.15. The second-order valence-corrected chi connectivity index (χ2v) is 9.09. The SMILES string of the molecule is CCCC[N+]1(CC(=O)OCc2ccccc2)CCCCC1C(=O)Nc1c(C)cccc1C. The first-order valence-electron chi connectivity index (χ1n) is 11.9. The summed E-state index contributed by atoms with van der Waals surface area (Å²) in [6.45, 7) is 8.37. The highest BCUT2D eigenvalue weighted by molar-refractivity contribution is 5.95. The van der Waals surface area contributed by atoms with Crippen LogP contribution in [-0.2, 0) is 20.9 Å². The second-order valence-electron chi connectivity index (χ2n) is 9.09. The van der Waals surface area contributed by atoms with Crippen LogP contribution >= 0.6 is 0 Å². The van der Waals surface area contributed by atoms with E-state index in [1.165, 1.54) is 0 Å². The molecule has 172 valence electrons. The lowest BCUT2D eigenvalue weighted by Crippen LogP contribution is -2.64. The van der Waals surface area contributed by atoms with Crippen molar-refractivity contribution in [3.8, 4) is 0 Å². The smallest absolute Gasteiger partial charge is 0.362 e. The number of amides is 1. The van der Waals surface area contributed by atoms with Crippen molar-refractivity contribution in [2.24, 2.45) is 0 Å². The van der Waals surface area contributed by atoms with Crippen LogP contribution in [0.3, 0.4) is 0 Å². The van der Waals surface area contributed by atoms with E-state index in [-0.39, 0.29) is 31.1 Å². The maximum absolute atomic E-state index is 13.5. The molecule has 1 fully saturated rings. The van der Waals surface area contributed by atoms with E-state index in [2.05, 4.69) is 12.2 Å². The van der Waals surface area contributed by atoms with Gasteiger partial charge in [0.1, 0.15) is 6.61 Å². The van der Waals surface area contributed by atoms with Crippen molar-refractivity contribution in [3.63, 3.8) is 0 Å². The van der Waals surface area contributed by atoms with Crippen LogP contribution in [0.4, 0.5) is 5.69 Å². The number of hydrogen-bond acceptors (Lipinski definition) is 3. The molecule has 0 radical (unpaired) electrons. The average molecular weight is 438 g/mol. The van der Waals surface area contributed by atoms with E-state index in [1.807, 2.05) is 62.4 Å².